The summed E-state index contributed by atoms with van der Waals surface area (Å²) in [5, 5.41) is 0. The van der Waals surface area contributed by atoms with Crippen molar-refractivity contribution in [2.24, 2.45) is 0 Å². The zero-order valence-corrected chi connectivity index (χ0v) is 17.2. The smallest absolute Gasteiger partial charge is 0.269 e. The van der Waals surface area contributed by atoms with E-state index in [1.807, 2.05) is 74.5 Å². The van der Waals surface area contributed by atoms with E-state index in [2.05, 4.69) is 10.9 Å². The summed E-state index contributed by atoms with van der Waals surface area (Å²) in [6.07, 6.45) is 0.279. The second-order valence-electron chi connectivity index (χ2n) is 7.27. The number of carbonyl (C=O) groups is 2. The van der Waals surface area contributed by atoms with Crippen LogP contribution in [0.3, 0.4) is 0 Å². The largest absolute Gasteiger partial charge is 0.491 e. The molecule has 2 N–H and O–H groups in total. The molecule has 0 saturated heterocycles. The number of ether oxygens (including phenoxy) is 1. The summed E-state index contributed by atoms with van der Waals surface area (Å²) >= 11 is 0. The molecule has 0 atom stereocenters. The van der Waals surface area contributed by atoms with E-state index in [1.54, 1.807) is 24.3 Å². The van der Waals surface area contributed by atoms with E-state index in [0.717, 1.165) is 11.1 Å². The lowest BCUT2D eigenvalue weighted by atomic mass is 9.88. The average Bonchev–Trinajstić information content (AvgIpc) is 2.77. The standard InChI is InChI=1S/C25H26N2O3/c1-18(2)30-22-15-13-21(14-16-22)25(29)27-26-24(28)17-23(19-9-5-3-6-10-19)20-11-7-4-8-12-20/h3-16,18,23H,17H2,1-2H3,(H,26,28)(H,27,29). The van der Waals surface area contributed by atoms with Gasteiger partial charge in [0.25, 0.3) is 5.91 Å². The van der Waals surface area contributed by atoms with Gasteiger partial charge in [0, 0.05) is 17.9 Å². The van der Waals surface area contributed by atoms with Crippen LogP contribution in [0, 0.1) is 0 Å². The van der Waals surface area contributed by atoms with Gasteiger partial charge in [-0.05, 0) is 49.2 Å². The van der Waals surface area contributed by atoms with Crippen molar-refractivity contribution in [1.82, 2.24) is 10.9 Å². The predicted octanol–water partition coefficient (Wildman–Crippen LogP) is 4.46. The Morgan fingerprint density at radius 1 is 0.767 bits per heavy atom. The van der Waals surface area contributed by atoms with Crippen LogP contribution in [-0.4, -0.2) is 17.9 Å². The Morgan fingerprint density at radius 2 is 1.30 bits per heavy atom. The zero-order chi connectivity index (χ0) is 21.3. The third-order valence-corrected chi connectivity index (χ3v) is 4.60. The summed E-state index contributed by atoms with van der Waals surface area (Å²) in [5.74, 6) is -0.0489. The molecular formula is C25H26N2O3. The highest BCUT2D eigenvalue weighted by atomic mass is 16.5. The van der Waals surface area contributed by atoms with E-state index in [9.17, 15) is 9.59 Å². The molecule has 2 amide bonds. The predicted molar refractivity (Wildman–Crippen MR) is 117 cm³/mol. The van der Waals surface area contributed by atoms with Crippen molar-refractivity contribution in [2.75, 3.05) is 0 Å². The van der Waals surface area contributed by atoms with Gasteiger partial charge < -0.3 is 4.74 Å². The van der Waals surface area contributed by atoms with Crippen molar-refractivity contribution in [3.63, 3.8) is 0 Å². The zero-order valence-electron chi connectivity index (χ0n) is 17.2. The molecule has 5 nitrogen and oxygen atoms in total. The van der Waals surface area contributed by atoms with Crippen LogP contribution in [0.4, 0.5) is 0 Å². The van der Waals surface area contributed by atoms with E-state index in [-0.39, 0.29) is 30.3 Å². The first kappa shape index (κ1) is 21.1. The summed E-state index contributed by atoms with van der Waals surface area (Å²) in [4.78, 5) is 24.9. The van der Waals surface area contributed by atoms with Gasteiger partial charge in [-0.25, -0.2) is 0 Å². The van der Waals surface area contributed by atoms with E-state index < -0.39 is 0 Å². The Kier molecular flexibility index (Phi) is 7.22. The van der Waals surface area contributed by atoms with Gasteiger partial charge in [-0.2, -0.15) is 0 Å². The van der Waals surface area contributed by atoms with Crippen LogP contribution in [0.15, 0.2) is 84.9 Å². The number of carbonyl (C=O) groups excluding carboxylic acids is 2. The van der Waals surface area contributed by atoms with Gasteiger partial charge in [-0.15, -0.1) is 0 Å². The normalized spacial score (nSPS) is 10.7. The Morgan fingerprint density at radius 3 is 1.80 bits per heavy atom. The van der Waals surface area contributed by atoms with Crippen LogP contribution in [-0.2, 0) is 4.79 Å². The fourth-order valence-electron chi connectivity index (χ4n) is 3.19. The SMILES string of the molecule is CC(C)Oc1ccc(C(=O)NNC(=O)CC(c2ccccc2)c2ccccc2)cc1. The molecule has 0 spiro atoms. The number of amides is 2. The number of benzene rings is 3. The maximum atomic E-state index is 12.6. The lowest BCUT2D eigenvalue weighted by Gasteiger charge is -2.18. The van der Waals surface area contributed by atoms with Crippen LogP contribution < -0.4 is 15.6 Å². The first-order chi connectivity index (χ1) is 14.5. The number of hydrogen-bond donors (Lipinski definition) is 2. The molecule has 0 bridgehead atoms. The van der Waals surface area contributed by atoms with Gasteiger partial charge in [0.1, 0.15) is 5.75 Å². The molecule has 0 aliphatic heterocycles. The fourth-order valence-corrected chi connectivity index (χ4v) is 3.19. The number of hydrogen-bond acceptors (Lipinski definition) is 3. The molecule has 0 aliphatic rings. The minimum Gasteiger partial charge on any atom is -0.491 e. The molecule has 3 rings (SSSR count). The molecule has 0 unspecified atom stereocenters. The lowest BCUT2D eigenvalue weighted by molar-refractivity contribution is -0.122. The van der Waals surface area contributed by atoms with Crippen molar-refractivity contribution in [3.8, 4) is 5.75 Å². The van der Waals surface area contributed by atoms with Crippen molar-refractivity contribution in [2.45, 2.75) is 32.3 Å². The Hall–Kier alpha value is -3.60. The first-order valence-corrected chi connectivity index (χ1v) is 9.98. The summed E-state index contributed by atoms with van der Waals surface area (Å²) in [6.45, 7) is 3.88. The quantitative estimate of drug-likeness (QED) is 0.574. The second kappa shape index (κ2) is 10.3. The Bertz CT molecular complexity index is 915. The maximum absolute atomic E-state index is 12.6. The molecule has 0 fully saturated rings. The van der Waals surface area contributed by atoms with Crippen LogP contribution in [0.25, 0.3) is 0 Å². The third kappa shape index (κ3) is 5.95. The second-order valence-corrected chi connectivity index (χ2v) is 7.27. The number of nitrogens with one attached hydrogen (secondary N) is 2. The molecule has 3 aromatic carbocycles. The Balaban J connectivity index is 1.61. The van der Waals surface area contributed by atoms with Crippen molar-refractivity contribution in [3.05, 3.63) is 102 Å². The molecule has 30 heavy (non-hydrogen) atoms. The van der Waals surface area contributed by atoms with Gasteiger partial charge in [-0.3, -0.25) is 20.4 Å². The number of hydrazine groups is 1. The molecule has 0 aliphatic carbocycles. The lowest BCUT2D eigenvalue weighted by Crippen LogP contribution is -2.42. The van der Waals surface area contributed by atoms with Crippen molar-refractivity contribution < 1.29 is 14.3 Å². The highest BCUT2D eigenvalue weighted by molar-refractivity contribution is 5.95. The molecular weight excluding hydrogens is 376 g/mol. The maximum Gasteiger partial charge on any atom is 0.269 e. The summed E-state index contributed by atoms with van der Waals surface area (Å²) < 4.78 is 5.57. The first-order valence-electron chi connectivity index (χ1n) is 9.98. The van der Waals surface area contributed by atoms with E-state index in [0.29, 0.717) is 11.3 Å². The average molecular weight is 402 g/mol. The molecule has 0 aromatic heterocycles. The third-order valence-electron chi connectivity index (χ3n) is 4.60. The topological polar surface area (TPSA) is 67.4 Å². The van der Waals surface area contributed by atoms with E-state index in [4.69, 9.17) is 4.74 Å². The summed E-state index contributed by atoms with van der Waals surface area (Å²) in [5.41, 5.74) is 7.55. The molecule has 0 saturated carbocycles. The van der Waals surface area contributed by atoms with Crippen LogP contribution in [0.5, 0.6) is 5.75 Å². The highest BCUT2D eigenvalue weighted by Gasteiger charge is 2.18. The summed E-state index contributed by atoms with van der Waals surface area (Å²) in [7, 11) is 0. The van der Waals surface area contributed by atoms with E-state index in [1.165, 1.54) is 0 Å². The van der Waals surface area contributed by atoms with E-state index >= 15 is 0 Å². The minimum atomic E-state index is -0.379. The highest BCUT2D eigenvalue weighted by Crippen LogP contribution is 2.27. The van der Waals surface area contributed by atoms with Crippen molar-refractivity contribution in [1.29, 1.82) is 0 Å². The van der Waals surface area contributed by atoms with Crippen LogP contribution in [0.2, 0.25) is 0 Å². The molecule has 5 heteroatoms. The van der Waals surface area contributed by atoms with Gasteiger partial charge in [-0.1, -0.05) is 60.7 Å². The fraction of sp³-hybridized carbons (Fsp3) is 0.200. The minimum absolute atomic E-state index is 0.0612. The molecule has 154 valence electrons. The molecule has 3 aromatic rings. The van der Waals surface area contributed by atoms with Gasteiger partial charge in [0.15, 0.2) is 0 Å². The van der Waals surface area contributed by atoms with Crippen molar-refractivity contribution >= 4 is 11.8 Å². The van der Waals surface area contributed by atoms with Gasteiger partial charge >= 0.3 is 0 Å². The van der Waals surface area contributed by atoms with Crippen LogP contribution in [0.1, 0.15) is 47.7 Å². The Labute approximate surface area is 177 Å². The summed E-state index contributed by atoms with van der Waals surface area (Å²) in [6, 6.07) is 26.5. The molecule has 0 heterocycles. The van der Waals surface area contributed by atoms with Crippen LogP contribution >= 0.6 is 0 Å². The van der Waals surface area contributed by atoms with Gasteiger partial charge in [0.05, 0.1) is 6.10 Å². The van der Waals surface area contributed by atoms with Gasteiger partial charge in [0.2, 0.25) is 5.91 Å². The number of rotatable bonds is 7. The monoisotopic (exact) mass is 402 g/mol. The molecule has 0 radical (unpaired) electrons.